The van der Waals surface area contributed by atoms with Crippen molar-refractivity contribution in [2.45, 2.75) is 32.6 Å². The van der Waals surface area contributed by atoms with Crippen LogP contribution in [-0.2, 0) is 11.8 Å². The van der Waals surface area contributed by atoms with E-state index in [4.69, 9.17) is 0 Å². The molecule has 0 saturated carbocycles. The first-order valence-corrected chi connectivity index (χ1v) is 5.95. The predicted octanol–water partition coefficient (Wildman–Crippen LogP) is 1.88. The van der Waals surface area contributed by atoms with Crippen LogP contribution < -0.4 is 0 Å². The average molecular weight is 219 g/mol. The highest BCUT2D eigenvalue weighted by molar-refractivity contribution is 5.16. The fraction of sp³-hybridized carbons (Fsp3) is 0.692. The highest BCUT2D eigenvalue weighted by Crippen LogP contribution is 2.22. The van der Waals surface area contributed by atoms with E-state index in [1.165, 1.54) is 18.8 Å². The fourth-order valence-corrected chi connectivity index (χ4v) is 2.17. The standard InChI is InChI=1S/C13H21N3/c1-13(2,3)12-6-11(14-9-15-12)5-10-7-16(4)8-10/h6,9-10H,5,7-8H2,1-4H3. The van der Waals surface area contributed by atoms with Gasteiger partial charge in [0.2, 0.25) is 0 Å². The zero-order chi connectivity index (χ0) is 11.8. The third-order valence-corrected chi connectivity index (χ3v) is 3.13. The van der Waals surface area contributed by atoms with Gasteiger partial charge in [-0.05, 0) is 25.5 Å². The van der Waals surface area contributed by atoms with Gasteiger partial charge in [0, 0.05) is 29.9 Å². The Balaban J connectivity index is 2.05. The molecule has 88 valence electrons. The normalized spacial score (nSPS) is 18.5. The zero-order valence-electron chi connectivity index (χ0n) is 10.7. The average Bonchev–Trinajstić information content (AvgIpc) is 2.14. The van der Waals surface area contributed by atoms with Gasteiger partial charge in [-0.25, -0.2) is 9.97 Å². The molecule has 16 heavy (non-hydrogen) atoms. The van der Waals surface area contributed by atoms with Crippen LogP contribution >= 0.6 is 0 Å². The number of likely N-dealkylation sites (tertiary alicyclic amines) is 1. The van der Waals surface area contributed by atoms with Gasteiger partial charge >= 0.3 is 0 Å². The maximum absolute atomic E-state index is 4.37. The summed E-state index contributed by atoms with van der Waals surface area (Å²) in [6.45, 7) is 8.98. The molecule has 1 aliphatic heterocycles. The van der Waals surface area contributed by atoms with Gasteiger partial charge < -0.3 is 4.90 Å². The highest BCUT2D eigenvalue weighted by Gasteiger charge is 2.24. The summed E-state index contributed by atoms with van der Waals surface area (Å²) in [4.78, 5) is 11.1. The number of aromatic nitrogens is 2. The smallest absolute Gasteiger partial charge is 0.115 e. The summed E-state index contributed by atoms with van der Waals surface area (Å²) in [5, 5.41) is 0. The Bertz CT molecular complexity index is 362. The van der Waals surface area contributed by atoms with Gasteiger partial charge in [-0.2, -0.15) is 0 Å². The van der Waals surface area contributed by atoms with Crippen LogP contribution in [-0.4, -0.2) is 35.0 Å². The first-order valence-electron chi connectivity index (χ1n) is 5.95. The fourth-order valence-electron chi connectivity index (χ4n) is 2.17. The van der Waals surface area contributed by atoms with Gasteiger partial charge in [-0.3, -0.25) is 0 Å². The van der Waals surface area contributed by atoms with Crippen LogP contribution in [0.15, 0.2) is 12.4 Å². The Kier molecular flexibility index (Phi) is 2.98. The molecule has 1 aromatic heterocycles. The molecule has 1 aromatic rings. The maximum Gasteiger partial charge on any atom is 0.115 e. The monoisotopic (exact) mass is 219 g/mol. The molecule has 2 heterocycles. The molecule has 0 aliphatic carbocycles. The van der Waals surface area contributed by atoms with Crippen LogP contribution in [0.3, 0.4) is 0 Å². The van der Waals surface area contributed by atoms with Crippen LogP contribution in [0.25, 0.3) is 0 Å². The largest absolute Gasteiger partial charge is 0.306 e. The lowest BCUT2D eigenvalue weighted by atomic mass is 9.90. The van der Waals surface area contributed by atoms with Crippen LogP contribution in [0, 0.1) is 5.92 Å². The Hall–Kier alpha value is -0.960. The zero-order valence-corrected chi connectivity index (χ0v) is 10.7. The summed E-state index contributed by atoms with van der Waals surface area (Å²) < 4.78 is 0. The molecule has 0 radical (unpaired) electrons. The minimum Gasteiger partial charge on any atom is -0.306 e. The quantitative estimate of drug-likeness (QED) is 0.760. The SMILES string of the molecule is CN1CC(Cc2cc(C(C)(C)C)ncn2)C1. The predicted molar refractivity (Wildman–Crippen MR) is 65.4 cm³/mol. The summed E-state index contributed by atoms with van der Waals surface area (Å²) in [6, 6.07) is 2.16. The summed E-state index contributed by atoms with van der Waals surface area (Å²) in [6.07, 6.45) is 2.80. The molecule has 0 aromatic carbocycles. The Morgan fingerprint density at radius 3 is 2.56 bits per heavy atom. The molecule has 1 fully saturated rings. The van der Waals surface area contributed by atoms with E-state index >= 15 is 0 Å². The van der Waals surface area contributed by atoms with E-state index in [0.717, 1.165) is 18.0 Å². The topological polar surface area (TPSA) is 29.0 Å². The van der Waals surface area contributed by atoms with E-state index in [9.17, 15) is 0 Å². The minimum absolute atomic E-state index is 0.119. The third-order valence-electron chi connectivity index (χ3n) is 3.13. The number of hydrogen-bond donors (Lipinski definition) is 0. The van der Waals surface area contributed by atoms with Crippen molar-refractivity contribution in [3.05, 3.63) is 23.8 Å². The highest BCUT2D eigenvalue weighted by atomic mass is 15.2. The summed E-state index contributed by atoms with van der Waals surface area (Å²) >= 11 is 0. The van der Waals surface area contributed by atoms with E-state index in [-0.39, 0.29) is 5.41 Å². The van der Waals surface area contributed by atoms with Crippen LogP contribution in [0.2, 0.25) is 0 Å². The van der Waals surface area contributed by atoms with Crippen molar-refractivity contribution in [1.29, 1.82) is 0 Å². The second-order valence-electron chi connectivity index (χ2n) is 5.94. The van der Waals surface area contributed by atoms with Crippen LogP contribution in [0.5, 0.6) is 0 Å². The van der Waals surface area contributed by atoms with Gasteiger partial charge in [0.25, 0.3) is 0 Å². The van der Waals surface area contributed by atoms with Gasteiger partial charge in [-0.15, -0.1) is 0 Å². The van der Waals surface area contributed by atoms with Crippen molar-refractivity contribution < 1.29 is 0 Å². The van der Waals surface area contributed by atoms with Crippen molar-refractivity contribution in [2.75, 3.05) is 20.1 Å². The lowest BCUT2D eigenvalue weighted by Gasteiger charge is -2.36. The van der Waals surface area contributed by atoms with Gasteiger partial charge in [0.1, 0.15) is 6.33 Å². The van der Waals surface area contributed by atoms with Crippen molar-refractivity contribution >= 4 is 0 Å². The number of nitrogens with zero attached hydrogens (tertiary/aromatic N) is 3. The summed E-state index contributed by atoms with van der Waals surface area (Å²) in [5.41, 5.74) is 2.46. The lowest BCUT2D eigenvalue weighted by molar-refractivity contribution is 0.134. The van der Waals surface area contributed by atoms with Gasteiger partial charge in [0.15, 0.2) is 0 Å². The maximum atomic E-state index is 4.37. The van der Waals surface area contributed by atoms with Gasteiger partial charge in [-0.1, -0.05) is 20.8 Å². The lowest BCUT2D eigenvalue weighted by Crippen LogP contribution is -2.44. The van der Waals surface area contributed by atoms with Crippen LogP contribution in [0.1, 0.15) is 32.2 Å². The summed E-state index contributed by atoms with van der Waals surface area (Å²) in [5.74, 6) is 0.785. The van der Waals surface area contributed by atoms with Crippen molar-refractivity contribution in [2.24, 2.45) is 5.92 Å². The molecular weight excluding hydrogens is 198 g/mol. The molecule has 3 nitrogen and oxygen atoms in total. The second kappa shape index (κ2) is 4.13. The molecule has 0 bridgehead atoms. The molecule has 0 N–H and O–H groups in total. The molecular formula is C13H21N3. The van der Waals surface area contributed by atoms with Crippen molar-refractivity contribution in [3.63, 3.8) is 0 Å². The summed E-state index contributed by atoms with van der Waals surface area (Å²) in [7, 11) is 2.16. The molecule has 1 aliphatic rings. The first-order chi connectivity index (χ1) is 7.45. The van der Waals surface area contributed by atoms with E-state index < -0.39 is 0 Å². The molecule has 1 saturated heterocycles. The van der Waals surface area contributed by atoms with E-state index in [1.54, 1.807) is 6.33 Å². The molecule has 0 spiro atoms. The molecule has 2 rings (SSSR count). The molecule has 0 atom stereocenters. The molecule has 0 unspecified atom stereocenters. The Labute approximate surface area is 97.9 Å². The van der Waals surface area contributed by atoms with E-state index in [1.807, 2.05) is 0 Å². The minimum atomic E-state index is 0.119. The van der Waals surface area contributed by atoms with E-state index in [0.29, 0.717) is 0 Å². The first kappa shape index (κ1) is 11.5. The Morgan fingerprint density at radius 1 is 1.31 bits per heavy atom. The Morgan fingerprint density at radius 2 is 2.00 bits per heavy atom. The van der Waals surface area contributed by atoms with Crippen molar-refractivity contribution in [3.8, 4) is 0 Å². The van der Waals surface area contributed by atoms with Crippen molar-refractivity contribution in [1.82, 2.24) is 14.9 Å². The molecule has 0 amide bonds. The molecule has 3 heteroatoms. The number of hydrogen-bond acceptors (Lipinski definition) is 3. The van der Waals surface area contributed by atoms with E-state index in [2.05, 4.69) is 48.8 Å². The third kappa shape index (κ3) is 2.59. The van der Waals surface area contributed by atoms with Crippen LogP contribution in [0.4, 0.5) is 0 Å². The number of rotatable bonds is 2. The van der Waals surface area contributed by atoms with Gasteiger partial charge in [0.05, 0.1) is 0 Å². The second-order valence-corrected chi connectivity index (χ2v) is 5.94.